The van der Waals surface area contributed by atoms with Crippen molar-refractivity contribution in [1.29, 1.82) is 0 Å². The van der Waals surface area contributed by atoms with Crippen LogP contribution in [0.25, 0.3) is 22.2 Å². The van der Waals surface area contributed by atoms with Gasteiger partial charge in [-0.2, -0.15) is 4.98 Å². The highest BCUT2D eigenvalue weighted by Gasteiger charge is 2.48. The highest BCUT2D eigenvalue weighted by atomic mass is 19.1. The van der Waals surface area contributed by atoms with E-state index in [4.69, 9.17) is 14.2 Å². The standard InChI is InChI=1S/C23H22F2N2O5/c24-13-8-14-19(27-22(26-14)32-16-10-31-20-15(28)9-30-21(16)20)18(25)17(13)11-2-4-12(5-3-11)23(29)6-1-7-23/h2-5,8,15-16,20-21,28-29H,1,6-7,9-10H2,(H,26,27). The van der Waals surface area contributed by atoms with Crippen LogP contribution < -0.4 is 4.74 Å². The number of aliphatic hydroxyl groups is 2. The number of H-pyrrole nitrogens is 1. The molecular formula is C23H22F2N2O5. The molecule has 3 aromatic rings. The molecular weight excluding hydrogens is 422 g/mol. The summed E-state index contributed by atoms with van der Waals surface area (Å²) in [4.78, 5) is 6.98. The number of benzene rings is 2. The first-order chi connectivity index (χ1) is 15.4. The van der Waals surface area contributed by atoms with E-state index >= 15 is 4.39 Å². The molecule has 2 saturated heterocycles. The fourth-order valence-electron chi connectivity index (χ4n) is 4.81. The normalized spacial score (nSPS) is 28.6. The van der Waals surface area contributed by atoms with E-state index in [0.717, 1.165) is 12.0 Å². The van der Waals surface area contributed by atoms with Crippen molar-refractivity contribution in [2.75, 3.05) is 13.2 Å². The number of fused-ring (bicyclic) bond motifs is 2. The van der Waals surface area contributed by atoms with Crippen LogP contribution in [0.2, 0.25) is 0 Å². The third kappa shape index (κ3) is 3.03. The predicted octanol–water partition coefficient (Wildman–Crippen LogP) is 2.79. The number of aromatic nitrogens is 2. The van der Waals surface area contributed by atoms with Gasteiger partial charge in [0.2, 0.25) is 0 Å². The van der Waals surface area contributed by atoms with Gasteiger partial charge in [-0.05, 0) is 30.4 Å². The molecule has 0 amide bonds. The van der Waals surface area contributed by atoms with Gasteiger partial charge in [-0.15, -0.1) is 0 Å². The molecule has 9 heteroatoms. The number of nitrogens with one attached hydrogen (secondary N) is 1. The number of aromatic amines is 1. The largest absolute Gasteiger partial charge is 0.456 e. The van der Waals surface area contributed by atoms with Gasteiger partial charge in [0.15, 0.2) is 11.9 Å². The van der Waals surface area contributed by atoms with Gasteiger partial charge < -0.3 is 29.4 Å². The van der Waals surface area contributed by atoms with Crippen LogP contribution in [0.4, 0.5) is 8.78 Å². The maximum Gasteiger partial charge on any atom is 0.295 e. The van der Waals surface area contributed by atoms with E-state index < -0.39 is 41.7 Å². The third-order valence-corrected chi connectivity index (χ3v) is 6.78. The van der Waals surface area contributed by atoms with Crippen molar-refractivity contribution in [3.8, 4) is 17.1 Å². The topological polar surface area (TPSA) is 96.8 Å². The van der Waals surface area contributed by atoms with Gasteiger partial charge >= 0.3 is 0 Å². The van der Waals surface area contributed by atoms with Crippen molar-refractivity contribution in [2.24, 2.45) is 0 Å². The number of halogens is 2. The molecule has 4 unspecified atom stereocenters. The second-order valence-electron chi connectivity index (χ2n) is 8.77. The maximum absolute atomic E-state index is 15.3. The number of hydrogen-bond donors (Lipinski definition) is 3. The minimum atomic E-state index is -0.837. The Hall–Kier alpha value is -2.59. The highest BCUT2D eigenvalue weighted by Crippen LogP contribution is 2.42. The number of nitrogens with zero attached hydrogens (tertiary/aromatic N) is 1. The smallest absolute Gasteiger partial charge is 0.295 e. The Kier molecular flexibility index (Phi) is 4.52. The molecule has 32 heavy (non-hydrogen) atoms. The van der Waals surface area contributed by atoms with Gasteiger partial charge in [0.25, 0.3) is 6.01 Å². The molecule has 2 aromatic carbocycles. The monoisotopic (exact) mass is 444 g/mol. The summed E-state index contributed by atoms with van der Waals surface area (Å²) in [5, 5.41) is 20.3. The molecule has 168 valence electrons. The number of ether oxygens (including phenoxy) is 3. The van der Waals surface area contributed by atoms with E-state index in [1.54, 1.807) is 24.3 Å². The fourth-order valence-corrected chi connectivity index (χ4v) is 4.81. The van der Waals surface area contributed by atoms with Crippen molar-refractivity contribution in [3.05, 3.63) is 47.5 Å². The molecule has 1 aliphatic carbocycles. The molecule has 3 heterocycles. The van der Waals surface area contributed by atoms with Crippen LogP contribution in [0.5, 0.6) is 6.01 Å². The zero-order chi connectivity index (χ0) is 22.0. The van der Waals surface area contributed by atoms with E-state index in [-0.39, 0.29) is 35.8 Å². The Morgan fingerprint density at radius 1 is 1.09 bits per heavy atom. The summed E-state index contributed by atoms with van der Waals surface area (Å²) in [6.45, 7) is 0.360. The first-order valence-electron chi connectivity index (χ1n) is 10.7. The van der Waals surface area contributed by atoms with E-state index in [1.165, 1.54) is 6.07 Å². The van der Waals surface area contributed by atoms with Crippen molar-refractivity contribution in [3.63, 3.8) is 0 Å². The van der Waals surface area contributed by atoms with Crippen molar-refractivity contribution >= 4 is 11.0 Å². The lowest BCUT2D eigenvalue weighted by Gasteiger charge is -2.37. The highest BCUT2D eigenvalue weighted by molar-refractivity contribution is 5.84. The number of aliphatic hydroxyl groups excluding tert-OH is 1. The molecule has 0 spiro atoms. The predicted molar refractivity (Wildman–Crippen MR) is 109 cm³/mol. The lowest BCUT2D eigenvalue weighted by molar-refractivity contribution is -0.0387. The number of hydrogen-bond acceptors (Lipinski definition) is 6. The fraction of sp³-hybridized carbons (Fsp3) is 0.435. The first kappa shape index (κ1) is 20.0. The lowest BCUT2D eigenvalue weighted by atomic mass is 9.75. The van der Waals surface area contributed by atoms with Crippen LogP contribution >= 0.6 is 0 Å². The summed E-state index contributed by atoms with van der Waals surface area (Å²) in [6, 6.07) is 7.86. The minimum absolute atomic E-state index is 0.0252. The van der Waals surface area contributed by atoms with Gasteiger partial charge in [-0.3, -0.25) is 0 Å². The van der Waals surface area contributed by atoms with Crippen molar-refractivity contribution < 1.29 is 33.2 Å². The first-order valence-corrected chi connectivity index (χ1v) is 10.7. The number of imidazole rings is 1. The molecule has 1 saturated carbocycles. The zero-order valence-corrected chi connectivity index (χ0v) is 17.1. The number of rotatable bonds is 4. The molecule has 3 fully saturated rings. The third-order valence-electron chi connectivity index (χ3n) is 6.78. The van der Waals surface area contributed by atoms with Gasteiger partial charge in [0.1, 0.15) is 29.6 Å². The van der Waals surface area contributed by atoms with Crippen LogP contribution in [-0.2, 0) is 15.1 Å². The molecule has 4 atom stereocenters. The molecule has 6 rings (SSSR count). The Labute approximate surface area is 181 Å². The molecule has 1 aromatic heterocycles. The van der Waals surface area contributed by atoms with Gasteiger partial charge in [0.05, 0.1) is 29.9 Å². The average molecular weight is 444 g/mol. The average Bonchev–Trinajstić information content (AvgIpc) is 3.44. The summed E-state index contributed by atoms with van der Waals surface area (Å²) in [5.41, 5.74) is 0.216. The van der Waals surface area contributed by atoms with Gasteiger partial charge in [-0.25, -0.2) is 8.78 Å². The molecule has 0 radical (unpaired) electrons. The second kappa shape index (κ2) is 7.21. The van der Waals surface area contributed by atoms with Crippen LogP contribution in [0.3, 0.4) is 0 Å². The van der Waals surface area contributed by atoms with Crippen LogP contribution in [-0.4, -0.2) is 57.8 Å². The van der Waals surface area contributed by atoms with E-state index in [0.29, 0.717) is 18.4 Å². The summed E-state index contributed by atoms with van der Waals surface area (Å²) < 4.78 is 47.0. The maximum atomic E-state index is 15.3. The molecule has 3 aliphatic rings. The van der Waals surface area contributed by atoms with Gasteiger partial charge in [-0.1, -0.05) is 24.3 Å². The van der Waals surface area contributed by atoms with E-state index in [1.807, 2.05) is 0 Å². The molecule has 2 aliphatic heterocycles. The Bertz CT molecular complexity index is 1180. The second-order valence-corrected chi connectivity index (χ2v) is 8.77. The zero-order valence-electron chi connectivity index (χ0n) is 17.1. The summed E-state index contributed by atoms with van der Waals surface area (Å²) in [6.07, 6.45) is 0.196. The molecule has 7 nitrogen and oxygen atoms in total. The van der Waals surface area contributed by atoms with E-state index in [2.05, 4.69) is 9.97 Å². The SMILES string of the molecule is OC1COC2C(Oc3nc4c(F)c(-c5ccc(C6(O)CCC6)cc5)c(F)cc4[nH]3)COC12. The molecule has 3 N–H and O–H groups in total. The summed E-state index contributed by atoms with van der Waals surface area (Å²) >= 11 is 0. The Morgan fingerprint density at radius 2 is 1.84 bits per heavy atom. The minimum Gasteiger partial charge on any atom is -0.456 e. The van der Waals surface area contributed by atoms with Crippen LogP contribution in [0.15, 0.2) is 30.3 Å². The molecule has 0 bridgehead atoms. The Balaban J connectivity index is 1.30. The summed E-state index contributed by atoms with van der Waals surface area (Å²) in [7, 11) is 0. The van der Waals surface area contributed by atoms with Gasteiger partial charge in [0, 0.05) is 6.07 Å². The Morgan fingerprint density at radius 3 is 2.56 bits per heavy atom. The van der Waals surface area contributed by atoms with Crippen LogP contribution in [0.1, 0.15) is 24.8 Å². The van der Waals surface area contributed by atoms with Crippen molar-refractivity contribution in [1.82, 2.24) is 9.97 Å². The van der Waals surface area contributed by atoms with E-state index in [9.17, 15) is 14.6 Å². The van der Waals surface area contributed by atoms with Crippen molar-refractivity contribution in [2.45, 2.75) is 49.3 Å². The quantitative estimate of drug-likeness (QED) is 0.573. The van der Waals surface area contributed by atoms with Crippen LogP contribution in [0, 0.1) is 11.6 Å². The lowest BCUT2D eigenvalue weighted by Crippen LogP contribution is -2.34. The summed E-state index contributed by atoms with van der Waals surface area (Å²) in [5.74, 6) is -1.53.